The number of aromatic amines is 1. The van der Waals surface area contributed by atoms with Crippen LogP contribution in [0.3, 0.4) is 0 Å². The summed E-state index contributed by atoms with van der Waals surface area (Å²) >= 11 is 0. The van der Waals surface area contributed by atoms with Crippen LogP contribution in [0.4, 0.5) is 11.4 Å². The van der Waals surface area contributed by atoms with E-state index in [0.29, 0.717) is 17.2 Å². The highest BCUT2D eigenvalue weighted by molar-refractivity contribution is 6.06. The van der Waals surface area contributed by atoms with Crippen LogP contribution in [0.2, 0.25) is 0 Å². The highest BCUT2D eigenvalue weighted by Gasteiger charge is 2.21. The Labute approximate surface area is 204 Å². The van der Waals surface area contributed by atoms with E-state index in [2.05, 4.69) is 68.0 Å². The molecule has 1 fully saturated rings. The van der Waals surface area contributed by atoms with Gasteiger partial charge in [-0.25, -0.2) is 9.97 Å². The smallest absolute Gasteiger partial charge is 0.247 e. The van der Waals surface area contributed by atoms with Gasteiger partial charge in [-0.3, -0.25) is 4.79 Å². The van der Waals surface area contributed by atoms with Crippen molar-refractivity contribution in [3.8, 4) is 28.3 Å². The number of likely N-dealkylation sites (N-methyl/N-ethyl adjacent to an activating group) is 1. The third-order valence-electron chi connectivity index (χ3n) is 6.38. The van der Waals surface area contributed by atoms with Crippen LogP contribution in [0.1, 0.15) is 0 Å². The number of piperazine rings is 1. The van der Waals surface area contributed by atoms with E-state index in [1.807, 2.05) is 24.3 Å². The Bertz CT molecular complexity index is 1370. The lowest BCUT2D eigenvalue weighted by Gasteiger charge is -2.34. The third-order valence-corrected chi connectivity index (χ3v) is 6.38. The van der Waals surface area contributed by atoms with Gasteiger partial charge in [0, 0.05) is 43.1 Å². The molecule has 0 spiro atoms. The summed E-state index contributed by atoms with van der Waals surface area (Å²) < 4.78 is 5.59. The number of nitrogens with one attached hydrogen (secondary N) is 2. The molecule has 0 saturated carbocycles. The Morgan fingerprint density at radius 2 is 1.86 bits per heavy atom. The topological polar surface area (TPSA) is 86.4 Å². The van der Waals surface area contributed by atoms with E-state index < -0.39 is 0 Å². The molecule has 0 atom stereocenters. The Kier molecular flexibility index (Phi) is 6.20. The summed E-state index contributed by atoms with van der Waals surface area (Å²) in [5.74, 6) is 0.226. The van der Waals surface area contributed by atoms with Gasteiger partial charge in [-0.2, -0.15) is 0 Å². The summed E-state index contributed by atoms with van der Waals surface area (Å²) in [6, 6.07) is 16.3. The summed E-state index contributed by atoms with van der Waals surface area (Å²) in [6.45, 7) is 7.69. The number of hydrogen-bond acceptors (Lipinski definition) is 6. The summed E-state index contributed by atoms with van der Waals surface area (Å²) in [6.07, 6.45) is 2.74. The molecule has 3 heterocycles. The maximum Gasteiger partial charge on any atom is 0.247 e. The molecule has 0 unspecified atom stereocenters. The first kappa shape index (κ1) is 22.6. The van der Waals surface area contributed by atoms with Gasteiger partial charge in [0.2, 0.25) is 11.8 Å². The zero-order chi connectivity index (χ0) is 24.4. The quantitative estimate of drug-likeness (QED) is 0.413. The molecule has 2 aromatic heterocycles. The number of H-pyrrole nitrogens is 1. The normalized spacial score (nSPS) is 14.2. The Hall–Kier alpha value is -4.17. The highest BCUT2D eigenvalue weighted by Crippen LogP contribution is 2.41. The number of benzene rings is 2. The zero-order valence-electron chi connectivity index (χ0n) is 19.9. The van der Waals surface area contributed by atoms with Crippen LogP contribution in [-0.2, 0) is 4.79 Å². The summed E-state index contributed by atoms with van der Waals surface area (Å²) in [7, 11) is 3.76. The van der Waals surface area contributed by atoms with Crippen molar-refractivity contribution < 1.29 is 9.53 Å². The molecule has 178 valence electrons. The van der Waals surface area contributed by atoms with Crippen LogP contribution in [0.25, 0.3) is 33.4 Å². The molecule has 8 heteroatoms. The third kappa shape index (κ3) is 4.48. The van der Waals surface area contributed by atoms with E-state index in [-0.39, 0.29) is 5.91 Å². The average Bonchev–Trinajstić information content (AvgIpc) is 3.29. The lowest BCUT2D eigenvalue weighted by molar-refractivity contribution is -0.111. The number of nitrogens with zero attached hydrogens (tertiary/aromatic N) is 4. The van der Waals surface area contributed by atoms with Gasteiger partial charge in [-0.1, -0.05) is 30.8 Å². The molecule has 5 rings (SSSR count). The summed E-state index contributed by atoms with van der Waals surface area (Å²) in [5, 5.41) is 3.63. The lowest BCUT2D eigenvalue weighted by Crippen LogP contribution is -2.44. The number of fused-ring (bicyclic) bond motifs is 1. The minimum Gasteiger partial charge on any atom is -0.480 e. The zero-order valence-corrected chi connectivity index (χ0v) is 19.9. The maximum atomic E-state index is 11.9. The highest BCUT2D eigenvalue weighted by atomic mass is 16.5. The largest absolute Gasteiger partial charge is 0.480 e. The van der Waals surface area contributed by atoms with E-state index in [0.717, 1.165) is 53.9 Å². The summed E-state index contributed by atoms with van der Waals surface area (Å²) in [4.78, 5) is 28.9. The number of carbonyl (C=O) groups is 1. The van der Waals surface area contributed by atoms with Crippen molar-refractivity contribution in [2.24, 2.45) is 0 Å². The second kappa shape index (κ2) is 9.60. The van der Waals surface area contributed by atoms with E-state index in [1.54, 1.807) is 7.11 Å². The molecular weight excluding hydrogens is 440 g/mol. The van der Waals surface area contributed by atoms with Crippen LogP contribution >= 0.6 is 0 Å². The van der Waals surface area contributed by atoms with E-state index >= 15 is 0 Å². The average molecular weight is 469 g/mol. The Morgan fingerprint density at radius 3 is 2.57 bits per heavy atom. The number of carbonyl (C=O) groups excluding carboxylic acids is 1. The van der Waals surface area contributed by atoms with Crippen molar-refractivity contribution in [1.82, 2.24) is 19.9 Å². The number of hydrogen-bond donors (Lipinski definition) is 2. The van der Waals surface area contributed by atoms with Gasteiger partial charge >= 0.3 is 0 Å². The van der Waals surface area contributed by atoms with Crippen molar-refractivity contribution in [1.29, 1.82) is 0 Å². The second-order valence-corrected chi connectivity index (χ2v) is 8.59. The van der Waals surface area contributed by atoms with Gasteiger partial charge in [0.05, 0.1) is 18.2 Å². The van der Waals surface area contributed by atoms with Crippen molar-refractivity contribution in [2.75, 3.05) is 50.6 Å². The molecule has 4 aromatic rings. The molecule has 0 bridgehead atoms. The Balaban J connectivity index is 1.60. The molecule has 1 saturated heterocycles. The fourth-order valence-corrected chi connectivity index (χ4v) is 4.50. The van der Waals surface area contributed by atoms with Crippen LogP contribution in [0.5, 0.6) is 5.88 Å². The standard InChI is InChI=1S/C27H28N6O2/c1-4-22(34)30-20-7-5-6-19(16-20)23-24-26(28-17-29-27(24)35-3)31-25(23)18-8-10-21(11-9-18)33-14-12-32(2)13-15-33/h4-11,16-17H,1,12-15H2,2-3H3,(H,30,34)(H,28,29,31). The predicted octanol–water partition coefficient (Wildman–Crippen LogP) is 4.18. The van der Waals surface area contributed by atoms with Gasteiger partial charge in [0.1, 0.15) is 12.0 Å². The molecule has 35 heavy (non-hydrogen) atoms. The first-order chi connectivity index (χ1) is 17.1. The van der Waals surface area contributed by atoms with Gasteiger partial charge in [0.15, 0.2) is 0 Å². The number of aromatic nitrogens is 3. The van der Waals surface area contributed by atoms with Gasteiger partial charge in [-0.15, -0.1) is 0 Å². The van der Waals surface area contributed by atoms with Crippen LogP contribution in [0.15, 0.2) is 67.5 Å². The van der Waals surface area contributed by atoms with Crippen LogP contribution in [-0.4, -0.2) is 66.1 Å². The van der Waals surface area contributed by atoms with Crippen LogP contribution in [0, 0.1) is 0 Å². The molecule has 2 N–H and O–H groups in total. The minimum atomic E-state index is -0.262. The first-order valence-electron chi connectivity index (χ1n) is 11.6. The summed E-state index contributed by atoms with van der Waals surface area (Å²) in [5.41, 5.74) is 6.34. The van der Waals surface area contributed by atoms with Crippen molar-refractivity contribution >= 4 is 28.3 Å². The maximum absolute atomic E-state index is 11.9. The SMILES string of the molecule is C=CC(=O)Nc1cccc(-c2c(-c3ccc(N4CCN(C)CC4)cc3)[nH]c3ncnc(OC)c23)c1. The first-order valence-corrected chi connectivity index (χ1v) is 11.6. The second-order valence-electron chi connectivity index (χ2n) is 8.59. The Morgan fingerprint density at radius 1 is 1.09 bits per heavy atom. The lowest BCUT2D eigenvalue weighted by atomic mass is 9.98. The van der Waals surface area contributed by atoms with Gasteiger partial charge in [-0.05, 0) is 48.5 Å². The fraction of sp³-hybridized carbons (Fsp3) is 0.222. The van der Waals surface area contributed by atoms with Crippen molar-refractivity contribution in [3.05, 3.63) is 67.5 Å². The minimum absolute atomic E-state index is 0.262. The molecule has 1 amide bonds. The van der Waals surface area contributed by atoms with Crippen LogP contribution < -0.4 is 15.0 Å². The van der Waals surface area contributed by atoms with Crippen molar-refractivity contribution in [3.63, 3.8) is 0 Å². The molecule has 8 nitrogen and oxygen atoms in total. The fourth-order valence-electron chi connectivity index (χ4n) is 4.50. The number of rotatable bonds is 6. The predicted molar refractivity (Wildman–Crippen MR) is 140 cm³/mol. The van der Waals surface area contributed by atoms with Gasteiger partial charge < -0.3 is 24.8 Å². The molecule has 1 aliphatic heterocycles. The van der Waals surface area contributed by atoms with E-state index in [1.165, 1.54) is 18.1 Å². The number of methoxy groups -OCH3 is 1. The van der Waals surface area contributed by atoms with Gasteiger partial charge in [0.25, 0.3) is 0 Å². The van der Waals surface area contributed by atoms with E-state index in [9.17, 15) is 4.79 Å². The number of ether oxygens (including phenoxy) is 1. The molecule has 2 aromatic carbocycles. The van der Waals surface area contributed by atoms with E-state index in [4.69, 9.17) is 4.74 Å². The molecule has 0 radical (unpaired) electrons. The molecule has 1 aliphatic rings. The molecular formula is C27H28N6O2. The number of anilines is 2. The monoisotopic (exact) mass is 468 g/mol. The number of amides is 1. The van der Waals surface area contributed by atoms with Crippen molar-refractivity contribution in [2.45, 2.75) is 0 Å². The molecule has 0 aliphatic carbocycles.